The van der Waals surface area contributed by atoms with Crippen LogP contribution < -0.4 is 15.2 Å². The number of rotatable bonds is 8. The topological polar surface area (TPSA) is 44.5 Å². The molecule has 3 rings (SSSR count). The summed E-state index contributed by atoms with van der Waals surface area (Å²) in [5.74, 6) is 1.60. The second-order valence-corrected chi connectivity index (χ2v) is 6.29. The van der Waals surface area contributed by atoms with Gasteiger partial charge in [0.2, 0.25) is 0 Å². The van der Waals surface area contributed by atoms with Gasteiger partial charge in [0.15, 0.2) is 11.5 Å². The van der Waals surface area contributed by atoms with Crippen LogP contribution in [0.15, 0.2) is 72.8 Å². The minimum absolute atomic E-state index is 0. The highest BCUT2D eigenvalue weighted by Gasteiger charge is 2.15. The Bertz CT molecular complexity index is 823. The van der Waals surface area contributed by atoms with Crippen LogP contribution in [0.1, 0.15) is 22.3 Å². The average Bonchev–Trinajstić information content (AvgIpc) is 2.69. The first-order valence-corrected chi connectivity index (χ1v) is 8.94. The molecule has 0 spiro atoms. The molecule has 0 saturated heterocycles. The monoisotopic (exact) mass is 383 g/mol. The maximum atomic E-state index is 6.20. The molecule has 3 nitrogen and oxygen atoms in total. The molecule has 4 heteroatoms. The fourth-order valence-corrected chi connectivity index (χ4v) is 2.85. The van der Waals surface area contributed by atoms with Gasteiger partial charge in [-0.1, -0.05) is 72.8 Å². The first kappa shape index (κ1) is 20.8. The molecule has 27 heavy (non-hydrogen) atoms. The van der Waals surface area contributed by atoms with Crippen molar-refractivity contribution >= 4 is 12.4 Å². The first-order chi connectivity index (χ1) is 12.8. The summed E-state index contributed by atoms with van der Waals surface area (Å²) >= 11 is 0. The summed E-state index contributed by atoms with van der Waals surface area (Å²) in [6.45, 7) is 3.63. The van der Waals surface area contributed by atoms with Crippen LogP contribution in [0.5, 0.6) is 11.5 Å². The summed E-state index contributed by atoms with van der Waals surface area (Å²) in [6.07, 6.45) is 0.756. The summed E-state index contributed by atoms with van der Waals surface area (Å²) in [4.78, 5) is 0. The van der Waals surface area contributed by atoms with Crippen molar-refractivity contribution in [2.45, 2.75) is 26.6 Å². The molecule has 0 aliphatic carbocycles. The fraction of sp³-hybridized carbons (Fsp3) is 0.217. The Morgan fingerprint density at radius 2 is 1.22 bits per heavy atom. The summed E-state index contributed by atoms with van der Waals surface area (Å²) in [5, 5.41) is 0. The first-order valence-electron chi connectivity index (χ1n) is 8.94. The SMILES string of the molecule is Cc1ccc(CCN)c(OCc2ccccc2)c1OCc1ccccc1.Cl. The number of benzene rings is 3. The zero-order valence-corrected chi connectivity index (χ0v) is 16.4. The van der Waals surface area contributed by atoms with Gasteiger partial charge < -0.3 is 15.2 Å². The van der Waals surface area contributed by atoms with Crippen LogP contribution in [0.25, 0.3) is 0 Å². The van der Waals surface area contributed by atoms with E-state index in [1.165, 1.54) is 0 Å². The summed E-state index contributed by atoms with van der Waals surface area (Å²) in [6, 6.07) is 24.5. The van der Waals surface area contributed by atoms with Gasteiger partial charge >= 0.3 is 0 Å². The molecule has 142 valence electrons. The maximum absolute atomic E-state index is 6.20. The number of hydrogen-bond acceptors (Lipinski definition) is 3. The average molecular weight is 384 g/mol. The second kappa shape index (κ2) is 10.6. The molecule has 0 amide bonds. The zero-order valence-electron chi connectivity index (χ0n) is 15.6. The highest BCUT2D eigenvalue weighted by atomic mass is 35.5. The van der Waals surface area contributed by atoms with E-state index in [-0.39, 0.29) is 12.4 Å². The Hall–Kier alpha value is -2.49. The third-order valence-electron chi connectivity index (χ3n) is 4.26. The Morgan fingerprint density at radius 3 is 1.74 bits per heavy atom. The van der Waals surface area contributed by atoms with Gasteiger partial charge in [-0.2, -0.15) is 0 Å². The molecule has 0 heterocycles. The van der Waals surface area contributed by atoms with Crippen molar-refractivity contribution in [2.24, 2.45) is 5.73 Å². The summed E-state index contributed by atoms with van der Waals surface area (Å²) in [7, 11) is 0. The third-order valence-corrected chi connectivity index (χ3v) is 4.26. The third kappa shape index (κ3) is 5.75. The van der Waals surface area contributed by atoms with Crippen molar-refractivity contribution in [3.8, 4) is 11.5 Å². The molecular formula is C23H26ClNO2. The minimum atomic E-state index is 0. The van der Waals surface area contributed by atoms with Gasteiger partial charge in [0.1, 0.15) is 13.2 Å². The smallest absolute Gasteiger partial charge is 0.165 e. The van der Waals surface area contributed by atoms with E-state index < -0.39 is 0 Å². The van der Waals surface area contributed by atoms with E-state index in [0.29, 0.717) is 19.8 Å². The number of nitrogens with two attached hydrogens (primary N) is 1. The molecule has 0 bridgehead atoms. The van der Waals surface area contributed by atoms with E-state index in [2.05, 4.69) is 36.4 Å². The van der Waals surface area contributed by atoms with E-state index in [1.54, 1.807) is 0 Å². The van der Waals surface area contributed by atoms with Crippen molar-refractivity contribution in [3.05, 3.63) is 95.1 Å². The Labute approximate surface area is 167 Å². The largest absolute Gasteiger partial charge is 0.485 e. The zero-order chi connectivity index (χ0) is 18.2. The number of halogens is 1. The van der Waals surface area contributed by atoms with E-state index in [4.69, 9.17) is 15.2 Å². The molecular weight excluding hydrogens is 358 g/mol. The summed E-state index contributed by atoms with van der Waals surface area (Å²) < 4.78 is 12.4. The molecule has 0 aliphatic rings. The second-order valence-electron chi connectivity index (χ2n) is 6.29. The van der Waals surface area contributed by atoms with Crippen LogP contribution in [0, 0.1) is 6.92 Å². The molecule has 0 fully saturated rings. The predicted octanol–water partition coefficient (Wildman–Crippen LogP) is 5.08. The highest BCUT2D eigenvalue weighted by Crippen LogP contribution is 2.36. The molecule has 0 radical (unpaired) electrons. The Balaban J connectivity index is 0.00000261. The van der Waals surface area contributed by atoms with Crippen molar-refractivity contribution in [2.75, 3.05) is 6.54 Å². The lowest BCUT2D eigenvalue weighted by molar-refractivity contribution is 0.252. The van der Waals surface area contributed by atoms with Crippen LogP contribution in [-0.4, -0.2) is 6.54 Å². The molecule has 0 saturated carbocycles. The maximum Gasteiger partial charge on any atom is 0.165 e. The molecule has 0 aliphatic heterocycles. The van der Waals surface area contributed by atoms with Gasteiger partial charge in [0.25, 0.3) is 0 Å². The van der Waals surface area contributed by atoms with Crippen molar-refractivity contribution in [1.29, 1.82) is 0 Å². The standard InChI is InChI=1S/C23H25NO2.ClH/c1-18-12-13-21(14-15-24)23(26-17-20-10-6-3-7-11-20)22(18)25-16-19-8-4-2-5-9-19;/h2-13H,14-17,24H2,1H3;1H. The molecule has 3 aromatic rings. The lowest BCUT2D eigenvalue weighted by Gasteiger charge is -2.18. The van der Waals surface area contributed by atoms with Gasteiger partial charge in [0, 0.05) is 0 Å². The number of hydrogen-bond donors (Lipinski definition) is 1. The quantitative estimate of drug-likeness (QED) is 0.590. The number of aryl methyl sites for hydroxylation is 1. The molecule has 0 atom stereocenters. The van der Waals surface area contributed by atoms with Gasteiger partial charge in [-0.3, -0.25) is 0 Å². The molecule has 3 aromatic carbocycles. The molecule has 0 aromatic heterocycles. The van der Waals surface area contributed by atoms with Crippen molar-refractivity contribution in [3.63, 3.8) is 0 Å². The van der Waals surface area contributed by atoms with E-state index in [1.807, 2.05) is 43.3 Å². The van der Waals surface area contributed by atoms with Crippen LogP contribution in [-0.2, 0) is 19.6 Å². The lowest BCUT2D eigenvalue weighted by Crippen LogP contribution is -2.08. The van der Waals surface area contributed by atoms with Crippen molar-refractivity contribution in [1.82, 2.24) is 0 Å². The van der Waals surface area contributed by atoms with Gasteiger partial charge in [-0.25, -0.2) is 0 Å². The van der Waals surface area contributed by atoms with Crippen molar-refractivity contribution < 1.29 is 9.47 Å². The predicted molar refractivity (Wildman–Crippen MR) is 113 cm³/mol. The van der Waals surface area contributed by atoms with E-state index >= 15 is 0 Å². The van der Waals surface area contributed by atoms with Gasteiger partial charge in [0.05, 0.1) is 0 Å². The highest BCUT2D eigenvalue weighted by molar-refractivity contribution is 5.85. The summed E-state index contributed by atoms with van der Waals surface area (Å²) in [5.41, 5.74) is 10.2. The number of ether oxygens (including phenoxy) is 2. The Morgan fingerprint density at radius 1 is 0.704 bits per heavy atom. The van der Waals surface area contributed by atoms with E-state index in [0.717, 1.165) is 40.2 Å². The van der Waals surface area contributed by atoms with E-state index in [9.17, 15) is 0 Å². The Kier molecular flexibility index (Phi) is 8.18. The normalized spacial score (nSPS) is 10.1. The van der Waals surface area contributed by atoms with Crippen LogP contribution in [0.4, 0.5) is 0 Å². The van der Waals surface area contributed by atoms with Gasteiger partial charge in [-0.05, 0) is 42.1 Å². The fourth-order valence-electron chi connectivity index (χ4n) is 2.85. The van der Waals surface area contributed by atoms with Crippen LogP contribution >= 0.6 is 12.4 Å². The molecule has 2 N–H and O–H groups in total. The molecule has 0 unspecified atom stereocenters. The van der Waals surface area contributed by atoms with Gasteiger partial charge in [-0.15, -0.1) is 12.4 Å². The van der Waals surface area contributed by atoms with Crippen LogP contribution in [0.3, 0.4) is 0 Å². The minimum Gasteiger partial charge on any atom is -0.485 e. The lowest BCUT2D eigenvalue weighted by atomic mass is 10.1. The van der Waals surface area contributed by atoms with Crippen LogP contribution in [0.2, 0.25) is 0 Å².